The summed E-state index contributed by atoms with van der Waals surface area (Å²) in [5.41, 5.74) is 0. The molecule has 0 amide bonds. The molecule has 5 nitrogen and oxygen atoms in total. The highest BCUT2D eigenvalue weighted by atomic mass is 35.5. The van der Waals surface area contributed by atoms with Gasteiger partial charge in [0.05, 0.1) is 12.9 Å². The van der Waals surface area contributed by atoms with Crippen molar-refractivity contribution in [3.8, 4) is 0 Å². The zero-order valence-electron chi connectivity index (χ0n) is 9.53. The topological polar surface area (TPSA) is 72.5 Å². The van der Waals surface area contributed by atoms with Crippen molar-refractivity contribution in [3.05, 3.63) is 0 Å². The standard InChI is InChI=1S/C9H18ClNO4S/c1-3-5-16(13,14)6-4-11-7-8(10)9(12)15-2/h8,11H,3-7H2,1-2H3. The molecule has 0 heterocycles. The van der Waals surface area contributed by atoms with Crippen LogP contribution in [-0.4, -0.2) is 51.5 Å². The highest BCUT2D eigenvalue weighted by Crippen LogP contribution is 1.97. The summed E-state index contributed by atoms with van der Waals surface area (Å²) in [5, 5.41) is 2.02. The average molecular weight is 272 g/mol. The number of alkyl halides is 1. The zero-order chi connectivity index (χ0) is 12.6. The van der Waals surface area contributed by atoms with Gasteiger partial charge in [-0.2, -0.15) is 0 Å². The van der Waals surface area contributed by atoms with Gasteiger partial charge in [0.15, 0.2) is 9.84 Å². The SMILES string of the molecule is CCCS(=O)(=O)CCNCC(Cl)C(=O)OC. The molecule has 0 aliphatic carbocycles. The molecule has 0 radical (unpaired) electrons. The van der Waals surface area contributed by atoms with E-state index in [4.69, 9.17) is 11.6 Å². The lowest BCUT2D eigenvalue weighted by molar-refractivity contribution is -0.140. The molecule has 0 rings (SSSR count). The van der Waals surface area contributed by atoms with Gasteiger partial charge in [-0.1, -0.05) is 6.92 Å². The summed E-state index contributed by atoms with van der Waals surface area (Å²) in [6.07, 6.45) is 0.614. The van der Waals surface area contributed by atoms with Gasteiger partial charge in [-0.05, 0) is 6.42 Å². The van der Waals surface area contributed by atoms with Gasteiger partial charge in [-0.15, -0.1) is 11.6 Å². The van der Waals surface area contributed by atoms with Crippen molar-refractivity contribution < 1.29 is 17.9 Å². The fourth-order valence-corrected chi connectivity index (χ4v) is 2.56. The number of carbonyl (C=O) groups is 1. The van der Waals surface area contributed by atoms with E-state index in [0.717, 1.165) is 0 Å². The third-order valence-electron chi connectivity index (χ3n) is 1.89. The van der Waals surface area contributed by atoms with Gasteiger partial charge in [0.25, 0.3) is 0 Å². The Bertz CT molecular complexity index is 305. The normalized spacial score (nSPS) is 13.4. The Hall–Kier alpha value is -0.330. The number of methoxy groups -OCH3 is 1. The Morgan fingerprint density at radius 1 is 1.44 bits per heavy atom. The van der Waals surface area contributed by atoms with Crippen molar-refractivity contribution >= 4 is 27.4 Å². The monoisotopic (exact) mass is 271 g/mol. The van der Waals surface area contributed by atoms with Crippen LogP contribution in [-0.2, 0) is 19.4 Å². The minimum Gasteiger partial charge on any atom is -0.468 e. The van der Waals surface area contributed by atoms with Crippen LogP contribution in [0, 0.1) is 0 Å². The quantitative estimate of drug-likeness (QED) is 0.387. The first-order valence-electron chi connectivity index (χ1n) is 5.06. The molecule has 16 heavy (non-hydrogen) atoms. The first kappa shape index (κ1) is 15.7. The van der Waals surface area contributed by atoms with Crippen molar-refractivity contribution in [1.82, 2.24) is 5.32 Å². The molecule has 96 valence electrons. The molecular formula is C9H18ClNO4S. The van der Waals surface area contributed by atoms with Crippen LogP contribution in [0.5, 0.6) is 0 Å². The van der Waals surface area contributed by atoms with E-state index in [2.05, 4.69) is 10.1 Å². The lowest BCUT2D eigenvalue weighted by Crippen LogP contribution is -2.33. The minimum absolute atomic E-state index is 0.0611. The third-order valence-corrected chi connectivity index (χ3v) is 4.07. The van der Waals surface area contributed by atoms with Crippen molar-refractivity contribution in [2.75, 3.05) is 31.7 Å². The first-order chi connectivity index (χ1) is 7.43. The summed E-state index contributed by atoms with van der Waals surface area (Å²) in [6.45, 7) is 2.31. The van der Waals surface area contributed by atoms with Crippen LogP contribution in [0.15, 0.2) is 0 Å². The average Bonchev–Trinajstić information content (AvgIpc) is 2.22. The molecule has 7 heteroatoms. The number of carbonyl (C=O) groups excluding carboxylic acids is 1. The Balaban J connectivity index is 3.72. The van der Waals surface area contributed by atoms with Gasteiger partial charge in [0.2, 0.25) is 0 Å². The molecule has 1 atom stereocenters. The van der Waals surface area contributed by atoms with Gasteiger partial charge in [-0.3, -0.25) is 4.79 Å². The lowest BCUT2D eigenvalue weighted by Gasteiger charge is -2.08. The van der Waals surface area contributed by atoms with E-state index < -0.39 is 21.2 Å². The summed E-state index contributed by atoms with van der Waals surface area (Å²) < 4.78 is 27.0. The molecule has 0 fully saturated rings. The van der Waals surface area contributed by atoms with Crippen molar-refractivity contribution in [2.24, 2.45) is 0 Å². The second-order valence-corrected chi connectivity index (χ2v) is 6.18. The van der Waals surface area contributed by atoms with Gasteiger partial charge < -0.3 is 10.1 Å². The van der Waals surface area contributed by atoms with Crippen LogP contribution in [0.25, 0.3) is 0 Å². The van der Waals surface area contributed by atoms with Gasteiger partial charge in [-0.25, -0.2) is 8.42 Å². The number of esters is 1. The number of halogens is 1. The van der Waals surface area contributed by atoms with E-state index in [-0.39, 0.29) is 18.1 Å². The molecule has 0 bridgehead atoms. The molecule has 1 N–H and O–H groups in total. The predicted octanol–water partition coefficient (Wildman–Crippen LogP) is 0.181. The Labute approximate surface area is 101 Å². The molecule has 0 saturated carbocycles. The van der Waals surface area contributed by atoms with Gasteiger partial charge >= 0.3 is 5.97 Å². The van der Waals surface area contributed by atoms with Crippen molar-refractivity contribution in [1.29, 1.82) is 0 Å². The number of sulfone groups is 1. The molecule has 1 unspecified atom stereocenters. The Kier molecular flexibility index (Phi) is 7.70. The maximum Gasteiger partial charge on any atom is 0.325 e. The van der Waals surface area contributed by atoms with Crippen molar-refractivity contribution in [3.63, 3.8) is 0 Å². The van der Waals surface area contributed by atoms with Crippen molar-refractivity contribution in [2.45, 2.75) is 18.7 Å². The fraction of sp³-hybridized carbons (Fsp3) is 0.889. The fourth-order valence-electron chi connectivity index (χ4n) is 1.08. The van der Waals surface area contributed by atoms with Gasteiger partial charge in [0, 0.05) is 18.8 Å². The van der Waals surface area contributed by atoms with E-state index in [1.54, 1.807) is 0 Å². The molecule has 0 aromatic carbocycles. The van der Waals surface area contributed by atoms with Crippen LogP contribution >= 0.6 is 11.6 Å². The Morgan fingerprint density at radius 3 is 2.56 bits per heavy atom. The van der Waals surface area contributed by atoms with Crippen LogP contribution < -0.4 is 5.32 Å². The second kappa shape index (κ2) is 7.86. The summed E-state index contributed by atoms with van der Waals surface area (Å²) in [4.78, 5) is 10.9. The van der Waals surface area contributed by atoms with Crippen LogP contribution in [0.4, 0.5) is 0 Å². The van der Waals surface area contributed by atoms with Crippen LogP contribution in [0.2, 0.25) is 0 Å². The van der Waals surface area contributed by atoms with E-state index in [1.807, 2.05) is 6.92 Å². The molecule has 0 spiro atoms. The zero-order valence-corrected chi connectivity index (χ0v) is 11.1. The largest absolute Gasteiger partial charge is 0.468 e. The summed E-state index contributed by atoms with van der Waals surface area (Å²) in [5.74, 6) is -0.271. The second-order valence-electron chi connectivity index (χ2n) is 3.35. The van der Waals surface area contributed by atoms with Crippen LogP contribution in [0.1, 0.15) is 13.3 Å². The molecule has 0 aliphatic rings. The van der Waals surface area contributed by atoms with E-state index >= 15 is 0 Å². The molecule has 0 aromatic heterocycles. The van der Waals surface area contributed by atoms with E-state index in [9.17, 15) is 13.2 Å². The highest BCUT2D eigenvalue weighted by molar-refractivity contribution is 7.91. The van der Waals surface area contributed by atoms with Gasteiger partial charge in [0.1, 0.15) is 5.38 Å². The first-order valence-corrected chi connectivity index (χ1v) is 7.31. The number of rotatable bonds is 8. The van der Waals surface area contributed by atoms with E-state index in [0.29, 0.717) is 13.0 Å². The van der Waals surface area contributed by atoms with E-state index in [1.165, 1.54) is 7.11 Å². The smallest absolute Gasteiger partial charge is 0.325 e. The summed E-state index contributed by atoms with van der Waals surface area (Å²) in [7, 11) is -1.72. The summed E-state index contributed by atoms with van der Waals surface area (Å²) >= 11 is 5.66. The maximum atomic E-state index is 11.3. The minimum atomic E-state index is -2.98. The number of ether oxygens (including phenoxy) is 1. The highest BCUT2D eigenvalue weighted by Gasteiger charge is 2.15. The third kappa shape index (κ3) is 7.03. The number of hydrogen-bond donors (Lipinski definition) is 1. The number of hydrogen-bond acceptors (Lipinski definition) is 5. The van der Waals surface area contributed by atoms with Crippen LogP contribution in [0.3, 0.4) is 0 Å². The summed E-state index contributed by atoms with van der Waals surface area (Å²) in [6, 6.07) is 0. The molecule has 0 aromatic rings. The molecular weight excluding hydrogens is 254 g/mol. The molecule has 0 aliphatic heterocycles. The lowest BCUT2D eigenvalue weighted by atomic mass is 10.4. The maximum absolute atomic E-state index is 11.3. The number of nitrogens with one attached hydrogen (secondary N) is 1. The predicted molar refractivity (Wildman–Crippen MR) is 63.5 cm³/mol. The Morgan fingerprint density at radius 2 is 2.06 bits per heavy atom. The molecule has 0 saturated heterocycles.